The van der Waals surface area contributed by atoms with Gasteiger partial charge < -0.3 is 19.8 Å². The molecule has 3 amide bonds. The third-order valence-corrected chi connectivity index (χ3v) is 11.1. The number of aliphatic hydroxyl groups excluding tert-OH is 1. The highest BCUT2D eigenvalue weighted by atomic mass is 35.5. The number of thioether (sulfide) groups is 1. The summed E-state index contributed by atoms with van der Waals surface area (Å²) < 4.78 is -0.966. The van der Waals surface area contributed by atoms with E-state index < -0.39 is 28.7 Å². The van der Waals surface area contributed by atoms with Crippen molar-refractivity contribution < 1.29 is 19.5 Å². The number of fused-ring (bicyclic) bond motifs is 2. The molecule has 2 aromatic carbocycles. The maximum Gasteiger partial charge on any atom is 0.251 e. The van der Waals surface area contributed by atoms with Gasteiger partial charge in [-0.2, -0.15) is 0 Å². The molecule has 42 heavy (non-hydrogen) atoms. The molecule has 0 saturated carbocycles. The molecule has 9 heteroatoms. The smallest absolute Gasteiger partial charge is 0.251 e. The Kier molecular flexibility index (Phi) is 7.98. The summed E-state index contributed by atoms with van der Waals surface area (Å²) in [4.78, 5) is 48.8. The highest BCUT2D eigenvalue weighted by molar-refractivity contribution is 8.02. The number of carbonyl (C=O) groups excluding carboxylic acids is 3. The van der Waals surface area contributed by atoms with Gasteiger partial charge in [0.1, 0.15) is 6.04 Å². The van der Waals surface area contributed by atoms with Gasteiger partial charge in [-0.25, -0.2) is 0 Å². The summed E-state index contributed by atoms with van der Waals surface area (Å²) in [5.41, 5.74) is 2.43. The third kappa shape index (κ3) is 4.59. The van der Waals surface area contributed by atoms with Crippen molar-refractivity contribution in [2.24, 2.45) is 11.8 Å². The Bertz CT molecular complexity index is 1430. The number of rotatable bonds is 7. The fourth-order valence-corrected chi connectivity index (χ4v) is 9.61. The Morgan fingerprint density at radius 1 is 1.02 bits per heavy atom. The standard InChI is InChI=1S/C33H36ClN3O4S/c1-3-16-35-17-8-14-25-26(30(35)39)27-31(40)37(23(20-38)19-22-11-5-4-6-12-22)29-32(41)36(18-9-15-33(27,29)42-25)28-21(2)10-7-13-24(28)34/h4-15,23,25-27,29,38H,3,16-20H2,1-2H3/t23-,25-,26+,27+,29?,33+/m1/s1. The summed E-state index contributed by atoms with van der Waals surface area (Å²) in [6.45, 7) is 5.06. The molecular weight excluding hydrogens is 570 g/mol. The minimum absolute atomic E-state index is 0.0392. The van der Waals surface area contributed by atoms with E-state index in [2.05, 4.69) is 6.08 Å². The largest absolute Gasteiger partial charge is 0.394 e. The van der Waals surface area contributed by atoms with Crippen molar-refractivity contribution >= 4 is 46.8 Å². The van der Waals surface area contributed by atoms with Crippen molar-refractivity contribution in [2.75, 3.05) is 31.1 Å². The highest BCUT2D eigenvalue weighted by Crippen LogP contribution is 2.61. The van der Waals surface area contributed by atoms with Gasteiger partial charge in [-0.05, 0) is 37.0 Å². The molecule has 4 aliphatic rings. The van der Waals surface area contributed by atoms with Gasteiger partial charge in [-0.1, -0.05) is 85.3 Å². The van der Waals surface area contributed by atoms with Crippen molar-refractivity contribution in [1.29, 1.82) is 0 Å². The van der Waals surface area contributed by atoms with Gasteiger partial charge >= 0.3 is 0 Å². The van der Waals surface area contributed by atoms with Crippen LogP contribution in [-0.4, -0.2) is 80.9 Å². The van der Waals surface area contributed by atoms with Crippen LogP contribution >= 0.6 is 23.4 Å². The molecule has 4 aliphatic heterocycles. The molecule has 1 unspecified atom stereocenters. The molecular formula is C33H36ClN3O4S. The Hall–Kier alpha value is -3.07. The summed E-state index contributed by atoms with van der Waals surface area (Å²) in [5, 5.41) is 11.0. The SMILES string of the molecule is CCCN1CC=C[C@H]2S[C@]34C=CCN(c5c(C)cccc5Cl)C(=O)C3N([C@@H](CO)Cc3ccccc3)C(=O)[C@@H]4[C@H]2C1=O. The second-order valence-electron chi connectivity index (χ2n) is 11.6. The van der Waals surface area contributed by atoms with Gasteiger partial charge in [0.05, 0.1) is 39.9 Å². The van der Waals surface area contributed by atoms with Gasteiger partial charge in [0, 0.05) is 24.9 Å². The van der Waals surface area contributed by atoms with Gasteiger partial charge in [0.25, 0.3) is 5.91 Å². The Morgan fingerprint density at radius 2 is 1.81 bits per heavy atom. The number of anilines is 1. The number of hydrogen-bond acceptors (Lipinski definition) is 5. The number of likely N-dealkylation sites (tertiary alicyclic amines) is 1. The van der Waals surface area contributed by atoms with Crippen LogP contribution in [0.15, 0.2) is 72.8 Å². The number of nitrogens with zero attached hydrogens (tertiary/aromatic N) is 3. The van der Waals surface area contributed by atoms with E-state index in [0.29, 0.717) is 36.8 Å². The predicted molar refractivity (Wildman–Crippen MR) is 166 cm³/mol. The molecule has 0 aliphatic carbocycles. The minimum atomic E-state index is -0.966. The first-order valence-corrected chi connectivity index (χ1v) is 15.9. The van der Waals surface area contributed by atoms with Crippen LogP contribution in [-0.2, 0) is 20.8 Å². The first-order chi connectivity index (χ1) is 20.3. The fourth-order valence-electron chi connectivity index (χ4n) is 7.30. The first kappa shape index (κ1) is 29.0. The van der Waals surface area contributed by atoms with Gasteiger partial charge in [-0.15, -0.1) is 11.8 Å². The van der Waals surface area contributed by atoms with Crippen LogP contribution in [0.3, 0.4) is 0 Å². The molecule has 220 valence electrons. The van der Waals surface area contributed by atoms with Gasteiger partial charge in [-0.3, -0.25) is 14.4 Å². The lowest BCUT2D eigenvalue weighted by molar-refractivity contribution is -0.144. The van der Waals surface area contributed by atoms with Crippen molar-refractivity contribution in [1.82, 2.24) is 9.80 Å². The van der Waals surface area contributed by atoms with E-state index in [0.717, 1.165) is 17.5 Å². The quantitative estimate of drug-likeness (QED) is 0.477. The number of carbonyl (C=O) groups is 3. The molecule has 2 fully saturated rings. The molecule has 6 atom stereocenters. The van der Waals surface area contributed by atoms with E-state index in [1.54, 1.807) is 27.6 Å². The predicted octanol–water partition coefficient (Wildman–Crippen LogP) is 4.26. The van der Waals surface area contributed by atoms with Gasteiger partial charge in [0.15, 0.2) is 0 Å². The Labute approximate surface area is 256 Å². The van der Waals surface area contributed by atoms with Crippen LogP contribution in [0.4, 0.5) is 5.69 Å². The molecule has 7 nitrogen and oxygen atoms in total. The second kappa shape index (κ2) is 11.5. The Morgan fingerprint density at radius 3 is 2.52 bits per heavy atom. The molecule has 0 radical (unpaired) electrons. The van der Waals surface area contributed by atoms with E-state index >= 15 is 0 Å². The Balaban J connectivity index is 1.49. The third-order valence-electron chi connectivity index (χ3n) is 9.05. The number of benzene rings is 2. The number of amides is 3. The zero-order valence-corrected chi connectivity index (χ0v) is 25.4. The lowest BCUT2D eigenvalue weighted by Crippen LogP contribution is -2.57. The maximum atomic E-state index is 14.8. The van der Waals surface area contributed by atoms with E-state index in [1.807, 2.05) is 79.4 Å². The monoisotopic (exact) mass is 605 g/mol. The summed E-state index contributed by atoms with van der Waals surface area (Å²) in [5.74, 6) is -1.86. The van der Waals surface area contributed by atoms with Crippen molar-refractivity contribution in [3.63, 3.8) is 0 Å². The van der Waals surface area contributed by atoms with Crippen LogP contribution in [0.5, 0.6) is 0 Å². The second-order valence-corrected chi connectivity index (χ2v) is 13.5. The molecule has 1 N–H and O–H groups in total. The lowest BCUT2D eigenvalue weighted by Gasteiger charge is -2.39. The zero-order valence-electron chi connectivity index (χ0n) is 23.9. The van der Waals surface area contributed by atoms with E-state index in [1.165, 1.54) is 0 Å². The average Bonchev–Trinajstić information content (AvgIpc) is 3.31. The average molecular weight is 606 g/mol. The van der Waals surface area contributed by atoms with E-state index in [4.69, 9.17) is 11.6 Å². The first-order valence-electron chi connectivity index (χ1n) is 14.7. The molecule has 2 saturated heterocycles. The van der Waals surface area contributed by atoms with Crippen LogP contribution in [0.1, 0.15) is 24.5 Å². The molecule has 0 aromatic heterocycles. The number of aliphatic hydroxyl groups is 1. The minimum Gasteiger partial charge on any atom is -0.394 e. The van der Waals surface area contributed by atoms with Gasteiger partial charge in [0.2, 0.25) is 11.8 Å². The summed E-state index contributed by atoms with van der Waals surface area (Å²) in [7, 11) is 0. The maximum absolute atomic E-state index is 14.8. The summed E-state index contributed by atoms with van der Waals surface area (Å²) in [6.07, 6.45) is 9.23. The van der Waals surface area contributed by atoms with Crippen LogP contribution in [0.25, 0.3) is 0 Å². The summed E-state index contributed by atoms with van der Waals surface area (Å²) in [6, 6.07) is 13.7. The van der Waals surface area contributed by atoms with E-state index in [-0.39, 0.29) is 29.6 Å². The molecule has 0 bridgehead atoms. The molecule has 2 aromatic rings. The van der Waals surface area contributed by atoms with Crippen molar-refractivity contribution in [3.8, 4) is 0 Å². The topological polar surface area (TPSA) is 81.2 Å². The summed E-state index contributed by atoms with van der Waals surface area (Å²) >= 11 is 8.23. The van der Waals surface area contributed by atoms with E-state index in [9.17, 15) is 19.5 Å². The lowest BCUT2D eigenvalue weighted by atomic mass is 9.78. The molecule has 4 heterocycles. The van der Waals surface area contributed by atoms with Crippen LogP contribution in [0, 0.1) is 18.8 Å². The van der Waals surface area contributed by atoms with Crippen molar-refractivity contribution in [2.45, 2.75) is 48.8 Å². The normalized spacial score (nSPS) is 29.3. The molecule has 1 spiro atoms. The number of hydrogen-bond donors (Lipinski definition) is 1. The van der Waals surface area contributed by atoms with Crippen LogP contribution in [0.2, 0.25) is 5.02 Å². The fraction of sp³-hybridized carbons (Fsp3) is 0.424. The number of halogens is 1. The van der Waals surface area contributed by atoms with Crippen molar-refractivity contribution in [3.05, 3.63) is 89.0 Å². The molecule has 6 rings (SSSR count). The number of para-hydroxylation sites is 1. The van der Waals surface area contributed by atoms with Crippen LogP contribution < -0.4 is 4.90 Å². The highest BCUT2D eigenvalue weighted by Gasteiger charge is 2.71. The zero-order chi connectivity index (χ0) is 29.6. The number of aryl methyl sites for hydroxylation is 1.